The summed E-state index contributed by atoms with van der Waals surface area (Å²) >= 11 is 0. The molecule has 1 aliphatic rings. The van der Waals surface area contributed by atoms with Gasteiger partial charge in [0.1, 0.15) is 11.8 Å². The maximum atomic E-state index is 9.11. The van der Waals surface area contributed by atoms with Crippen molar-refractivity contribution >= 4 is 11.6 Å². The van der Waals surface area contributed by atoms with Crippen LogP contribution < -0.4 is 10.1 Å². The third-order valence-electron chi connectivity index (χ3n) is 4.59. The van der Waals surface area contributed by atoms with Gasteiger partial charge < -0.3 is 15.2 Å². The van der Waals surface area contributed by atoms with Crippen LogP contribution in [0.25, 0.3) is 5.70 Å². The highest BCUT2D eigenvalue weighted by Crippen LogP contribution is 2.33. The molecule has 0 aliphatic carbocycles. The van der Waals surface area contributed by atoms with Crippen molar-refractivity contribution in [3.63, 3.8) is 0 Å². The lowest BCUT2D eigenvalue weighted by Crippen LogP contribution is -2.20. The van der Waals surface area contributed by atoms with E-state index in [-0.39, 0.29) is 12.6 Å². The van der Waals surface area contributed by atoms with E-state index in [0.29, 0.717) is 18.8 Å². The van der Waals surface area contributed by atoms with Crippen molar-refractivity contribution in [3.8, 4) is 5.75 Å². The third kappa shape index (κ3) is 3.57. The van der Waals surface area contributed by atoms with Crippen LogP contribution in [-0.4, -0.2) is 33.6 Å². The number of anilines is 1. The first kappa shape index (κ1) is 17.3. The summed E-state index contributed by atoms with van der Waals surface area (Å²) < 4.78 is 7.29. The van der Waals surface area contributed by atoms with Gasteiger partial charge in [-0.05, 0) is 35.8 Å². The number of hydrogen-bond donors (Lipinski definition) is 2. The first-order valence-electron chi connectivity index (χ1n) is 9.03. The Morgan fingerprint density at radius 3 is 2.78 bits per heavy atom. The molecular formula is C21H22N4O2. The van der Waals surface area contributed by atoms with Crippen LogP contribution >= 0.6 is 0 Å². The lowest BCUT2D eigenvalue weighted by molar-refractivity contribution is 0.287. The normalized spacial score (nSPS) is 15.6. The fraction of sp³-hybridized carbons (Fsp3) is 0.238. The first-order valence-corrected chi connectivity index (χ1v) is 9.03. The summed E-state index contributed by atoms with van der Waals surface area (Å²) in [5, 5.41) is 17.2. The van der Waals surface area contributed by atoms with Gasteiger partial charge in [0.2, 0.25) is 5.95 Å². The van der Waals surface area contributed by atoms with Gasteiger partial charge in [0.05, 0.1) is 7.11 Å². The summed E-state index contributed by atoms with van der Waals surface area (Å²) in [6.07, 6.45) is 3.44. The van der Waals surface area contributed by atoms with E-state index in [1.165, 1.54) is 0 Å². The van der Waals surface area contributed by atoms with E-state index >= 15 is 0 Å². The molecule has 0 bridgehead atoms. The predicted octanol–water partition coefficient (Wildman–Crippen LogP) is 3.27. The van der Waals surface area contributed by atoms with Crippen molar-refractivity contribution in [2.45, 2.75) is 18.9 Å². The Bertz CT molecular complexity index is 950. The lowest BCUT2D eigenvalue weighted by atomic mass is 10.0. The molecule has 0 radical (unpaired) electrons. The largest absolute Gasteiger partial charge is 0.497 e. The molecule has 3 aromatic rings. The number of aryl methyl sites for hydroxylation is 1. The smallest absolute Gasteiger partial charge is 0.226 e. The number of hydrogen-bond acceptors (Lipinski definition) is 5. The van der Waals surface area contributed by atoms with Crippen LogP contribution in [-0.2, 0) is 6.42 Å². The summed E-state index contributed by atoms with van der Waals surface area (Å²) in [5.74, 6) is 2.24. The van der Waals surface area contributed by atoms with E-state index < -0.39 is 0 Å². The lowest BCUT2D eigenvalue weighted by Gasteiger charge is -2.24. The third-order valence-corrected chi connectivity index (χ3v) is 4.59. The number of nitrogens with one attached hydrogen (secondary N) is 1. The summed E-state index contributed by atoms with van der Waals surface area (Å²) in [6, 6.07) is 18.1. The summed E-state index contributed by atoms with van der Waals surface area (Å²) in [4.78, 5) is 4.64. The Morgan fingerprint density at radius 1 is 1.15 bits per heavy atom. The Kier molecular flexibility index (Phi) is 4.89. The number of allylic oxidation sites excluding steroid dienone is 1. The van der Waals surface area contributed by atoms with E-state index in [0.717, 1.165) is 28.4 Å². The van der Waals surface area contributed by atoms with Crippen molar-refractivity contribution < 1.29 is 9.84 Å². The van der Waals surface area contributed by atoms with E-state index in [2.05, 4.69) is 39.7 Å². The van der Waals surface area contributed by atoms with Crippen LogP contribution in [0.2, 0.25) is 0 Å². The molecule has 2 heterocycles. The summed E-state index contributed by atoms with van der Waals surface area (Å²) in [5.41, 5.74) is 3.16. The Balaban J connectivity index is 1.78. The maximum absolute atomic E-state index is 9.11. The minimum atomic E-state index is -0.0954. The van der Waals surface area contributed by atoms with Crippen LogP contribution in [0.3, 0.4) is 0 Å². The number of rotatable bonds is 6. The van der Waals surface area contributed by atoms with Gasteiger partial charge in [0.25, 0.3) is 0 Å². The average molecular weight is 362 g/mol. The second kappa shape index (κ2) is 7.63. The Hall–Kier alpha value is -3.12. The molecular weight excluding hydrogens is 340 g/mol. The van der Waals surface area contributed by atoms with Gasteiger partial charge in [-0.2, -0.15) is 10.1 Å². The fourth-order valence-electron chi connectivity index (χ4n) is 3.23. The molecule has 138 valence electrons. The van der Waals surface area contributed by atoms with Crippen LogP contribution in [0, 0.1) is 0 Å². The van der Waals surface area contributed by atoms with Crippen molar-refractivity contribution in [2.75, 3.05) is 19.0 Å². The van der Waals surface area contributed by atoms with Crippen LogP contribution in [0.1, 0.15) is 29.4 Å². The van der Waals surface area contributed by atoms with E-state index in [9.17, 15) is 0 Å². The molecule has 0 saturated heterocycles. The minimum Gasteiger partial charge on any atom is -0.497 e. The van der Waals surface area contributed by atoms with Gasteiger partial charge in [0.15, 0.2) is 5.82 Å². The zero-order chi connectivity index (χ0) is 18.6. The maximum Gasteiger partial charge on any atom is 0.226 e. The SMILES string of the molecule is COc1cccc(C2C=C(c3ccccc3)Nc3nc(CCCO)nn32)c1. The highest BCUT2D eigenvalue weighted by Gasteiger charge is 2.25. The number of fused-ring (bicyclic) bond motifs is 1. The van der Waals surface area contributed by atoms with Crippen molar-refractivity contribution in [3.05, 3.63) is 77.6 Å². The molecule has 0 spiro atoms. The fourth-order valence-corrected chi connectivity index (χ4v) is 3.23. The summed E-state index contributed by atoms with van der Waals surface area (Å²) in [7, 11) is 1.67. The summed E-state index contributed by atoms with van der Waals surface area (Å²) in [6.45, 7) is 0.129. The molecule has 1 atom stereocenters. The topological polar surface area (TPSA) is 72.2 Å². The van der Waals surface area contributed by atoms with Gasteiger partial charge in [-0.25, -0.2) is 4.68 Å². The number of aromatic nitrogens is 3. The molecule has 0 amide bonds. The van der Waals surface area contributed by atoms with Gasteiger partial charge in [0, 0.05) is 18.7 Å². The average Bonchev–Trinajstić information content (AvgIpc) is 3.15. The van der Waals surface area contributed by atoms with Gasteiger partial charge in [-0.1, -0.05) is 42.5 Å². The van der Waals surface area contributed by atoms with E-state index in [4.69, 9.17) is 9.84 Å². The molecule has 2 N–H and O–H groups in total. The molecule has 1 aromatic heterocycles. The molecule has 0 fully saturated rings. The van der Waals surface area contributed by atoms with Crippen molar-refractivity contribution in [1.29, 1.82) is 0 Å². The molecule has 2 aromatic carbocycles. The molecule has 27 heavy (non-hydrogen) atoms. The van der Waals surface area contributed by atoms with Gasteiger partial charge in [-0.15, -0.1) is 0 Å². The number of ether oxygens (including phenoxy) is 1. The predicted molar refractivity (Wildman–Crippen MR) is 105 cm³/mol. The second-order valence-electron chi connectivity index (χ2n) is 6.42. The number of aliphatic hydroxyl groups is 1. The van der Waals surface area contributed by atoms with E-state index in [1.807, 2.05) is 41.1 Å². The molecule has 0 saturated carbocycles. The molecule has 1 aliphatic heterocycles. The monoisotopic (exact) mass is 362 g/mol. The Morgan fingerprint density at radius 2 is 2.00 bits per heavy atom. The van der Waals surface area contributed by atoms with Crippen molar-refractivity contribution in [1.82, 2.24) is 14.8 Å². The second-order valence-corrected chi connectivity index (χ2v) is 6.42. The number of methoxy groups -OCH3 is 1. The number of aliphatic hydroxyl groups excluding tert-OH is 1. The molecule has 6 nitrogen and oxygen atoms in total. The van der Waals surface area contributed by atoms with Gasteiger partial charge >= 0.3 is 0 Å². The standard InChI is InChI=1S/C21H22N4O2/c1-27-17-10-5-9-16(13-17)19-14-18(15-7-3-2-4-8-15)22-21-23-20(11-6-12-26)24-25(19)21/h2-5,7-10,13-14,19,26H,6,11-12H2,1H3,(H,22,23,24). The van der Waals surface area contributed by atoms with Gasteiger partial charge in [-0.3, -0.25) is 0 Å². The first-order chi connectivity index (χ1) is 13.3. The van der Waals surface area contributed by atoms with Crippen LogP contribution in [0.4, 0.5) is 5.95 Å². The number of benzene rings is 2. The van der Waals surface area contributed by atoms with Crippen molar-refractivity contribution in [2.24, 2.45) is 0 Å². The van der Waals surface area contributed by atoms with E-state index in [1.54, 1.807) is 7.11 Å². The molecule has 6 heteroatoms. The van der Waals surface area contributed by atoms with Crippen LogP contribution in [0.15, 0.2) is 60.7 Å². The highest BCUT2D eigenvalue weighted by atomic mass is 16.5. The van der Waals surface area contributed by atoms with Crippen LogP contribution in [0.5, 0.6) is 5.75 Å². The Labute approximate surface area is 158 Å². The molecule has 4 rings (SSSR count). The minimum absolute atomic E-state index is 0.0954. The highest BCUT2D eigenvalue weighted by molar-refractivity contribution is 5.77. The zero-order valence-corrected chi connectivity index (χ0v) is 15.2. The molecule has 1 unspecified atom stereocenters. The zero-order valence-electron chi connectivity index (χ0n) is 15.2. The number of nitrogens with zero attached hydrogens (tertiary/aromatic N) is 3. The quantitative estimate of drug-likeness (QED) is 0.704.